The molecule has 0 bridgehead atoms. The molecule has 1 unspecified atom stereocenters. The van der Waals surface area contributed by atoms with Crippen molar-refractivity contribution in [1.29, 1.82) is 0 Å². The van der Waals surface area contributed by atoms with Gasteiger partial charge in [0.15, 0.2) is 0 Å². The zero-order chi connectivity index (χ0) is 14.8. The normalized spacial score (nSPS) is 12.7. The number of benzene rings is 2. The second-order valence-electron chi connectivity index (χ2n) is 4.95. The number of likely N-dealkylation sites (N-methyl/N-ethyl adjacent to an activating group) is 1. The van der Waals surface area contributed by atoms with Gasteiger partial charge in [0.1, 0.15) is 0 Å². The molecule has 4 heteroatoms. The predicted octanol–water partition coefficient (Wildman–Crippen LogP) is 5.93. The molecule has 1 heterocycles. The minimum atomic E-state index is 0.323. The Morgan fingerprint density at radius 2 is 1.86 bits per heavy atom. The molecule has 108 valence electrons. The van der Waals surface area contributed by atoms with Crippen LogP contribution in [0.2, 0.25) is 0 Å². The van der Waals surface area contributed by atoms with Crippen LogP contribution in [-0.2, 0) is 6.42 Å². The molecule has 2 aromatic carbocycles. The van der Waals surface area contributed by atoms with Crippen molar-refractivity contribution in [3.63, 3.8) is 0 Å². The Morgan fingerprint density at radius 3 is 2.57 bits per heavy atom. The Labute approximate surface area is 145 Å². The molecule has 0 aliphatic heterocycles. The fourth-order valence-electron chi connectivity index (χ4n) is 2.57. The molecule has 1 N–H and O–H groups in total. The van der Waals surface area contributed by atoms with Gasteiger partial charge >= 0.3 is 0 Å². The van der Waals surface area contributed by atoms with E-state index in [4.69, 9.17) is 0 Å². The zero-order valence-electron chi connectivity index (χ0n) is 11.6. The van der Waals surface area contributed by atoms with Gasteiger partial charge < -0.3 is 5.32 Å². The lowest BCUT2D eigenvalue weighted by Gasteiger charge is -2.16. The highest BCUT2D eigenvalue weighted by Crippen LogP contribution is 2.36. The summed E-state index contributed by atoms with van der Waals surface area (Å²) in [5.41, 5.74) is 1.38. The molecule has 0 spiro atoms. The molecule has 1 aromatic heterocycles. The first kappa shape index (κ1) is 15.2. The van der Waals surface area contributed by atoms with Gasteiger partial charge in [-0.05, 0) is 67.7 Å². The van der Waals surface area contributed by atoms with Crippen LogP contribution >= 0.6 is 43.2 Å². The van der Waals surface area contributed by atoms with Crippen LogP contribution in [0.15, 0.2) is 56.8 Å². The number of hydrogen-bond acceptors (Lipinski definition) is 2. The van der Waals surface area contributed by atoms with E-state index in [1.165, 1.54) is 21.2 Å². The van der Waals surface area contributed by atoms with Crippen molar-refractivity contribution in [1.82, 2.24) is 5.32 Å². The Balaban J connectivity index is 1.96. The predicted molar refractivity (Wildman–Crippen MR) is 99.2 cm³/mol. The number of rotatable bonds is 4. The number of fused-ring (bicyclic) bond motifs is 1. The van der Waals surface area contributed by atoms with E-state index in [1.54, 1.807) is 11.3 Å². The van der Waals surface area contributed by atoms with Crippen molar-refractivity contribution in [3.05, 3.63) is 67.2 Å². The van der Waals surface area contributed by atoms with E-state index in [9.17, 15) is 0 Å². The topological polar surface area (TPSA) is 12.0 Å². The molecule has 0 aliphatic carbocycles. The average Bonchev–Trinajstić information content (AvgIpc) is 2.84. The van der Waals surface area contributed by atoms with Gasteiger partial charge in [0.2, 0.25) is 0 Å². The summed E-state index contributed by atoms with van der Waals surface area (Å²) in [6.45, 7) is 0. The summed E-state index contributed by atoms with van der Waals surface area (Å²) < 4.78 is 2.27. The highest BCUT2D eigenvalue weighted by atomic mass is 79.9. The van der Waals surface area contributed by atoms with Crippen LogP contribution in [0.1, 0.15) is 16.5 Å². The molecule has 0 aliphatic rings. The Bertz CT molecular complexity index is 742. The van der Waals surface area contributed by atoms with Crippen LogP contribution in [0.3, 0.4) is 0 Å². The lowest BCUT2D eigenvalue weighted by atomic mass is 9.98. The summed E-state index contributed by atoms with van der Waals surface area (Å²) in [6.07, 6.45) is 0.983. The molecule has 0 fully saturated rings. The van der Waals surface area contributed by atoms with E-state index < -0.39 is 0 Å². The lowest BCUT2D eigenvalue weighted by molar-refractivity contribution is 0.604. The maximum atomic E-state index is 3.58. The molecule has 3 rings (SSSR count). The third kappa shape index (κ3) is 3.24. The van der Waals surface area contributed by atoms with Gasteiger partial charge in [-0.3, -0.25) is 0 Å². The van der Waals surface area contributed by atoms with Crippen LogP contribution in [0.4, 0.5) is 0 Å². The quantitative estimate of drug-likeness (QED) is 0.547. The first-order valence-electron chi connectivity index (χ1n) is 6.77. The molecule has 1 atom stereocenters. The highest BCUT2D eigenvalue weighted by Gasteiger charge is 2.15. The largest absolute Gasteiger partial charge is 0.312 e. The molecule has 1 nitrogen and oxygen atoms in total. The van der Waals surface area contributed by atoms with E-state index in [1.807, 2.05) is 7.05 Å². The monoisotopic (exact) mass is 423 g/mol. The SMILES string of the molecule is CNC(Cc1cccc2ccccc12)c1cc(Br)c(Br)s1. The highest BCUT2D eigenvalue weighted by molar-refractivity contribution is 9.13. The Kier molecular flexibility index (Phi) is 4.79. The van der Waals surface area contributed by atoms with Crippen molar-refractivity contribution in [3.8, 4) is 0 Å². The van der Waals surface area contributed by atoms with Gasteiger partial charge in [0.05, 0.1) is 3.79 Å². The van der Waals surface area contributed by atoms with E-state index in [2.05, 4.69) is 85.7 Å². The fourth-order valence-corrected chi connectivity index (χ4v) is 4.77. The average molecular weight is 425 g/mol. The molecule has 0 saturated carbocycles. The molecular formula is C17H15Br2NS. The zero-order valence-corrected chi connectivity index (χ0v) is 15.6. The van der Waals surface area contributed by atoms with Gasteiger partial charge in [0, 0.05) is 15.4 Å². The third-order valence-electron chi connectivity index (χ3n) is 3.66. The number of hydrogen-bond donors (Lipinski definition) is 1. The molecule has 0 radical (unpaired) electrons. The van der Waals surface area contributed by atoms with E-state index in [0.29, 0.717) is 6.04 Å². The summed E-state index contributed by atoms with van der Waals surface area (Å²) in [7, 11) is 2.03. The van der Waals surface area contributed by atoms with Crippen molar-refractivity contribution in [2.45, 2.75) is 12.5 Å². The van der Waals surface area contributed by atoms with Crippen LogP contribution in [0, 0.1) is 0 Å². The smallest absolute Gasteiger partial charge is 0.0843 e. The van der Waals surface area contributed by atoms with Crippen molar-refractivity contribution >= 4 is 54.0 Å². The lowest BCUT2D eigenvalue weighted by Crippen LogP contribution is -2.17. The minimum Gasteiger partial charge on any atom is -0.312 e. The van der Waals surface area contributed by atoms with Crippen molar-refractivity contribution in [2.24, 2.45) is 0 Å². The summed E-state index contributed by atoms with van der Waals surface area (Å²) in [6, 6.07) is 17.6. The minimum absolute atomic E-state index is 0.323. The Hall–Kier alpha value is -0.680. The van der Waals surface area contributed by atoms with Gasteiger partial charge in [-0.1, -0.05) is 42.5 Å². The Morgan fingerprint density at radius 1 is 1.10 bits per heavy atom. The van der Waals surface area contributed by atoms with Gasteiger partial charge in [-0.2, -0.15) is 0 Å². The van der Waals surface area contributed by atoms with E-state index >= 15 is 0 Å². The molecule has 0 saturated heterocycles. The van der Waals surface area contributed by atoms with Crippen LogP contribution in [0.25, 0.3) is 10.8 Å². The van der Waals surface area contributed by atoms with Crippen LogP contribution < -0.4 is 5.32 Å². The molecule has 3 aromatic rings. The second-order valence-corrected chi connectivity index (χ2v) is 8.21. The van der Waals surface area contributed by atoms with Gasteiger partial charge in [-0.15, -0.1) is 11.3 Å². The number of thiophene rings is 1. The van der Waals surface area contributed by atoms with Crippen molar-refractivity contribution in [2.75, 3.05) is 7.05 Å². The summed E-state index contributed by atoms with van der Waals surface area (Å²) in [5.74, 6) is 0. The molecule has 21 heavy (non-hydrogen) atoms. The fraction of sp³-hybridized carbons (Fsp3) is 0.176. The van der Waals surface area contributed by atoms with Crippen LogP contribution in [0.5, 0.6) is 0 Å². The van der Waals surface area contributed by atoms with E-state index in [-0.39, 0.29) is 0 Å². The standard InChI is InChI=1S/C17H15Br2NS/c1-20-15(16-10-14(18)17(19)21-16)9-12-7-4-6-11-5-2-3-8-13(11)12/h2-8,10,15,20H,9H2,1H3. The summed E-state index contributed by atoms with van der Waals surface area (Å²) >= 11 is 8.94. The van der Waals surface area contributed by atoms with Gasteiger partial charge in [0.25, 0.3) is 0 Å². The van der Waals surface area contributed by atoms with Crippen molar-refractivity contribution < 1.29 is 0 Å². The number of nitrogens with one attached hydrogen (secondary N) is 1. The number of halogens is 2. The first-order valence-corrected chi connectivity index (χ1v) is 9.18. The first-order chi connectivity index (χ1) is 10.2. The summed E-state index contributed by atoms with van der Waals surface area (Å²) in [4.78, 5) is 1.34. The van der Waals surface area contributed by atoms with Crippen LogP contribution in [-0.4, -0.2) is 7.05 Å². The maximum absolute atomic E-state index is 3.58. The molecule has 0 amide bonds. The third-order valence-corrected chi connectivity index (χ3v) is 7.03. The van der Waals surface area contributed by atoms with E-state index in [0.717, 1.165) is 14.7 Å². The maximum Gasteiger partial charge on any atom is 0.0843 e. The second kappa shape index (κ2) is 6.61. The molecular weight excluding hydrogens is 410 g/mol. The van der Waals surface area contributed by atoms with Gasteiger partial charge in [-0.25, -0.2) is 0 Å². The summed E-state index contributed by atoms with van der Waals surface area (Å²) in [5, 5.41) is 6.09.